The van der Waals surface area contributed by atoms with Crippen molar-refractivity contribution in [1.82, 2.24) is 10.2 Å². The van der Waals surface area contributed by atoms with Gasteiger partial charge in [0.05, 0.1) is 5.92 Å². The summed E-state index contributed by atoms with van der Waals surface area (Å²) in [5.74, 6) is -0.262. The second kappa shape index (κ2) is 7.65. The lowest BCUT2D eigenvalue weighted by Gasteiger charge is -2.32. The van der Waals surface area contributed by atoms with Crippen LogP contribution in [0.5, 0.6) is 0 Å². The maximum atomic E-state index is 12.8. The third kappa shape index (κ3) is 3.99. The first-order chi connectivity index (χ1) is 12.1. The van der Waals surface area contributed by atoms with Crippen LogP contribution in [0.15, 0.2) is 18.2 Å². The van der Waals surface area contributed by atoms with Gasteiger partial charge in [-0.05, 0) is 43.0 Å². The predicted octanol–water partition coefficient (Wildman–Crippen LogP) is 0.498. The molecule has 1 atom stereocenters. The summed E-state index contributed by atoms with van der Waals surface area (Å²) in [5.41, 5.74) is 7.79. The van der Waals surface area contributed by atoms with E-state index in [1.54, 1.807) is 17.0 Å². The van der Waals surface area contributed by atoms with Crippen molar-refractivity contribution in [3.8, 4) is 0 Å². The number of aryl methyl sites for hydroxylation is 1. The molecule has 7 nitrogen and oxygen atoms in total. The number of carbonyl (C=O) groups excluding carboxylic acids is 3. The van der Waals surface area contributed by atoms with Gasteiger partial charge in [0.1, 0.15) is 0 Å². The topological polar surface area (TPSA) is 105 Å². The highest BCUT2D eigenvalue weighted by Gasteiger charge is 2.29. The van der Waals surface area contributed by atoms with Crippen LogP contribution in [0.2, 0.25) is 0 Å². The first-order valence-corrected chi connectivity index (χ1v) is 8.78. The molecular formula is C18H24N4O3. The Morgan fingerprint density at radius 2 is 2.16 bits per heavy atom. The van der Waals surface area contributed by atoms with Crippen molar-refractivity contribution >= 4 is 23.4 Å². The zero-order valence-electron chi connectivity index (χ0n) is 14.2. The van der Waals surface area contributed by atoms with Gasteiger partial charge in [-0.25, -0.2) is 0 Å². The molecule has 0 bridgehead atoms. The number of carbonyl (C=O) groups is 3. The fraction of sp³-hybridized carbons (Fsp3) is 0.500. The molecule has 1 aromatic rings. The van der Waals surface area contributed by atoms with E-state index in [-0.39, 0.29) is 23.6 Å². The van der Waals surface area contributed by atoms with Crippen LogP contribution in [0.1, 0.15) is 35.2 Å². The number of nitrogens with zero attached hydrogens (tertiary/aromatic N) is 1. The number of piperidine rings is 1. The van der Waals surface area contributed by atoms with Gasteiger partial charge in [-0.15, -0.1) is 0 Å². The van der Waals surface area contributed by atoms with E-state index in [1.165, 1.54) is 0 Å². The van der Waals surface area contributed by atoms with E-state index in [9.17, 15) is 14.4 Å². The van der Waals surface area contributed by atoms with Crippen LogP contribution in [0.25, 0.3) is 0 Å². The number of nitrogens with one attached hydrogen (secondary N) is 2. The van der Waals surface area contributed by atoms with E-state index in [1.807, 2.05) is 6.07 Å². The maximum Gasteiger partial charge on any atom is 0.253 e. The molecule has 134 valence electrons. The smallest absolute Gasteiger partial charge is 0.253 e. The van der Waals surface area contributed by atoms with Crippen LogP contribution >= 0.6 is 0 Å². The molecule has 7 heteroatoms. The second-order valence-electron chi connectivity index (χ2n) is 6.59. The summed E-state index contributed by atoms with van der Waals surface area (Å²) in [6, 6.07) is 5.38. The molecule has 0 radical (unpaired) electrons. The van der Waals surface area contributed by atoms with E-state index in [0.29, 0.717) is 44.6 Å². The Labute approximate surface area is 146 Å². The van der Waals surface area contributed by atoms with Crippen molar-refractivity contribution in [2.45, 2.75) is 25.7 Å². The number of hydrogen-bond acceptors (Lipinski definition) is 4. The summed E-state index contributed by atoms with van der Waals surface area (Å²) < 4.78 is 0. The van der Waals surface area contributed by atoms with Gasteiger partial charge in [0.15, 0.2) is 0 Å². The Hall–Kier alpha value is -2.41. The number of rotatable bonds is 4. The molecule has 25 heavy (non-hydrogen) atoms. The molecule has 0 spiro atoms. The fourth-order valence-corrected chi connectivity index (χ4v) is 3.41. The van der Waals surface area contributed by atoms with Crippen LogP contribution in [0.3, 0.4) is 0 Å². The van der Waals surface area contributed by atoms with Crippen molar-refractivity contribution < 1.29 is 14.4 Å². The molecule has 0 aromatic heterocycles. The number of hydrogen-bond donors (Lipinski definition) is 3. The van der Waals surface area contributed by atoms with E-state index in [2.05, 4.69) is 10.6 Å². The Bertz CT molecular complexity index is 689. The number of benzene rings is 1. The summed E-state index contributed by atoms with van der Waals surface area (Å²) in [6.45, 7) is 1.96. The molecule has 3 amide bonds. The minimum atomic E-state index is -0.179. The Kier molecular flexibility index (Phi) is 5.33. The number of nitrogens with two attached hydrogens (primary N) is 1. The van der Waals surface area contributed by atoms with Crippen molar-refractivity contribution in [3.05, 3.63) is 29.3 Å². The van der Waals surface area contributed by atoms with Crippen LogP contribution < -0.4 is 16.4 Å². The normalized spacial score (nSPS) is 19.8. The molecule has 1 saturated heterocycles. The van der Waals surface area contributed by atoms with Crippen molar-refractivity contribution in [2.24, 2.45) is 11.7 Å². The molecule has 1 unspecified atom stereocenters. The lowest BCUT2D eigenvalue weighted by atomic mass is 9.95. The number of anilines is 1. The van der Waals surface area contributed by atoms with E-state index in [4.69, 9.17) is 5.73 Å². The van der Waals surface area contributed by atoms with Crippen LogP contribution in [-0.2, 0) is 16.0 Å². The summed E-state index contributed by atoms with van der Waals surface area (Å²) in [6.07, 6.45) is 2.69. The van der Waals surface area contributed by atoms with Gasteiger partial charge in [0, 0.05) is 43.9 Å². The van der Waals surface area contributed by atoms with Crippen LogP contribution in [-0.4, -0.2) is 48.8 Å². The molecule has 1 aromatic carbocycles. The minimum Gasteiger partial charge on any atom is -0.355 e. The Morgan fingerprint density at radius 3 is 2.96 bits per heavy atom. The highest BCUT2D eigenvalue weighted by atomic mass is 16.2. The van der Waals surface area contributed by atoms with E-state index in [0.717, 1.165) is 24.1 Å². The predicted molar refractivity (Wildman–Crippen MR) is 94.1 cm³/mol. The molecule has 2 heterocycles. The van der Waals surface area contributed by atoms with Crippen molar-refractivity contribution in [3.63, 3.8) is 0 Å². The number of likely N-dealkylation sites (tertiary alicyclic amines) is 1. The van der Waals surface area contributed by atoms with E-state index >= 15 is 0 Å². The van der Waals surface area contributed by atoms with Gasteiger partial charge >= 0.3 is 0 Å². The summed E-state index contributed by atoms with van der Waals surface area (Å²) in [4.78, 5) is 38.1. The van der Waals surface area contributed by atoms with Crippen molar-refractivity contribution in [2.75, 3.05) is 31.5 Å². The fourth-order valence-electron chi connectivity index (χ4n) is 3.41. The first-order valence-electron chi connectivity index (χ1n) is 8.78. The highest BCUT2D eigenvalue weighted by Crippen LogP contribution is 2.25. The average molecular weight is 344 g/mol. The van der Waals surface area contributed by atoms with Crippen LogP contribution in [0.4, 0.5) is 5.69 Å². The lowest BCUT2D eigenvalue weighted by Crippen LogP contribution is -2.46. The molecular weight excluding hydrogens is 320 g/mol. The lowest BCUT2D eigenvalue weighted by molar-refractivity contribution is -0.126. The monoisotopic (exact) mass is 344 g/mol. The number of amides is 3. The maximum absolute atomic E-state index is 12.8. The Morgan fingerprint density at radius 1 is 1.32 bits per heavy atom. The average Bonchev–Trinajstić information content (AvgIpc) is 2.65. The Balaban J connectivity index is 1.68. The standard InChI is InChI=1S/C18H24N4O3/c19-7-8-20-17(24)14-2-1-9-22(11-14)18(25)13-3-5-15-12(10-13)4-6-16(23)21-15/h3,5,10,14H,1-2,4,6-9,11,19H2,(H,20,24)(H,21,23). The first kappa shape index (κ1) is 17.4. The highest BCUT2D eigenvalue weighted by molar-refractivity contribution is 5.98. The van der Waals surface area contributed by atoms with Gasteiger partial charge in [-0.2, -0.15) is 0 Å². The van der Waals surface area contributed by atoms with Gasteiger partial charge in [-0.1, -0.05) is 0 Å². The molecule has 2 aliphatic rings. The molecule has 4 N–H and O–H groups in total. The third-order valence-corrected chi connectivity index (χ3v) is 4.77. The summed E-state index contributed by atoms with van der Waals surface area (Å²) in [7, 11) is 0. The zero-order chi connectivity index (χ0) is 17.8. The number of fused-ring (bicyclic) bond motifs is 1. The van der Waals surface area contributed by atoms with E-state index < -0.39 is 0 Å². The second-order valence-corrected chi connectivity index (χ2v) is 6.59. The molecule has 3 rings (SSSR count). The summed E-state index contributed by atoms with van der Waals surface area (Å²) in [5, 5.41) is 5.62. The third-order valence-electron chi connectivity index (χ3n) is 4.77. The SMILES string of the molecule is NCCNC(=O)C1CCCN(C(=O)c2ccc3c(c2)CCC(=O)N3)C1. The molecule has 0 aliphatic carbocycles. The quantitative estimate of drug-likeness (QED) is 0.740. The zero-order valence-corrected chi connectivity index (χ0v) is 14.2. The van der Waals surface area contributed by atoms with Gasteiger partial charge in [0.25, 0.3) is 5.91 Å². The molecule has 1 fully saturated rings. The summed E-state index contributed by atoms with van der Waals surface area (Å²) >= 11 is 0. The van der Waals surface area contributed by atoms with Crippen molar-refractivity contribution in [1.29, 1.82) is 0 Å². The van der Waals surface area contributed by atoms with Gasteiger partial charge < -0.3 is 21.3 Å². The van der Waals surface area contributed by atoms with Gasteiger partial charge in [0.2, 0.25) is 11.8 Å². The minimum absolute atomic E-state index is 0.00828. The van der Waals surface area contributed by atoms with Gasteiger partial charge in [-0.3, -0.25) is 14.4 Å². The largest absolute Gasteiger partial charge is 0.355 e. The molecule has 0 saturated carbocycles. The van der Waals surface area contributed by atoms with Crippen LogP contribution in [0, 0.1) is 5.92 Å². The molecule has 2 aliphatic heterocycles.